The van der Waals surface area contributed by atoms with Crippen LogP contribution in [-0.2, 0) is 20.7 Å². The van der Waals surface area contributed by atoms with Crippen LogP contribution in [-0.4, -0.2) is 25.9 Å². The molecule has 5 heteroatoms. The maximum absolute atomic E-state index is 13.8. The molecular weight excluding hydrogens is 438 g/mol. The van der Waals surface area contributed by atoms with Gasteiger partial charge >= 0.3 is 0 Å². The first kappa shape index (κ1) is 24.0. The second kappa shape index (κ2) is 8.74. The summed E-state index contributed by atoms with van der Waals surface area (Å²) < 4.78 is 6.49. The van der Waals surface area contributed by atoms with Gasteiger partial charge in [0.2, 0.25) is 0 Å². The van der Waals surface area contributed by atoms with Crippen LogP contribution in [0.1, 0.15) is 64.4 Å². The molecule has 0 spiro atoms. The number of oxime groups is 1. The van der Waals surface area contributed by atoms with Crippen molar-refractivity contribution in [2.24, 2.45) is 33.7 Å². The van der Waals surface area contributed by atoms with Crippen LogP contribution in [0.4, 0.5) is 0 Å². The van der Waals surface area contributed by atoms with Gasteiger partial charge < -0.3 is 9.26 Å². The molecule has 5 rings (SSSR count). The van der Waals surface area contributed by atoms with Crippen molar-refractivity contribution >= 4 is 19.8 Å². The molecule has 4 aliphatic carbocycles. The predicted molar refractivity (Wildman–Crippen MR) is 139 cm³/mol. The zero-order valence-corrected chi connectivity index (χ0v) is 22.6. The zero-order valence-electron chi connectivity index (χ0n) is 21.6. The molecule has 0 bridgehead atoms. The van der Waals surface area contributed by atoms with Crippen molar-refractivity contribution in [1.82, 2.24) is 0 Å². The third-order valence-corrected chi connectivity index (χ3v) is 10.3. The molecule has 3 saturated carbocycles. The number of hydrogen-bond donors (Lipinski definition) is 0. The number of rotatable bonds is 5. The number of carbonyl (C=O) groups excluding carboxylic acids is 1. The molecule has 184 valence electrons. The Morgan fingerprint density at radius 1 is 1.09 bits per heavy atom. The van der Waals surface area contributed by atoms with E-state index in [2.05, 4.69) is 56.9 Å². The summed E-state index contributed by atoms with van der Waals surface area (Å²) in [6.07, 6.45) is 9.72. The van der Waals surface area contributed by atoms with Crippen molar-refractivity contribution in [3.05, 3.63) is 47.5 Å². The molecule has 34 heavy (non-hydrogen) atoms. The summed E-state index contributed by atoms with van der Waals surface area (Å²) in [5.41, 5.74) is 3.57. The molecule has 0 N–H and O–H groups in total. The highest BCUT2D eigenvalue weighted by atomic mass is 28.4. The largest absolute Gasteiger partial charge is 0.414 e. The first-order valence-corrected chi connectivity index (χ1v) is 16.6. The van der Waals surface area contributed by atoms with Gasteiger partial charge in [-0.05, 0) is 81.0 Å². The minimum atomic E-state index is -1.56. The van der Waals surface area contributed by atoms with E-state index in [1.54, 1.807) is 0 Å². The first-order chi connectivity index (χ1) is 16.1. The molecule has 6 unspecified atom stereocenters. The topological polar surface area (TPSA) is 47.9 Å². The Kier molecular flexibility index (Phi) is 6.17. The molecule has 6 atom stereocenters. The molecule has 1 aromatic carbocycles. The van der Waals surface area contributed by atoms with Crippen LogP contribution in [0.5, 0.6) is 0 Å². The van der Waals surface area contributed by atoms with E-state index >= 15 is 0 Å². The minimum absolute atomic E-state index is 0.00430. The van der Waals surface area contributed by atoms with Gasteiger partial charge in [-0.25, -0.2) is 0 Å². The molecule has 0 heterocycles. The van der Waals surface area contributed by atoms with Gasteiger partial charge in [0.05, 0.1) is 5.71 Å². The fourth-order valence-electron chi connectivity index (χ4n) is 7.76. The number of Topliss-reactive ketones (excluding diaryl/α,β-unsaturated/α-hetero) is 1. The van der Waals surface area contributed by atoms with E-state index in [1.807, 2.05) is 18.2 Å². The van der Waals surface area contributed by atoms with Crippen LogP contribution in [0.3, 0.4) is 0 Å². The summed E-state index contributed by atoms with van der Waals surface area (Å²) in [6, 6.07) is 10.2. The van der Waals surface area contributed by atoms with E-state index in [4.69, 9.17) is 9.26 Å². The van der Waals surface area contributed by atoms with E-state index in [0.717, 1.165) is 49.8 Å². The van der Waals surface area contributed by atoms with Crippen LogP contribution in [0.15, 0.2) is 47.1 Å². The first-order valence-electron chi connectivity index (χ1n) is 13.2. The van der Waals surface area contributed by atoms with E-state index in [0.29, 0.717) is 36.8 Å². The number of allylic oxidation sites excluding steroid dienone is 1. The van der Waals surface area contributed by atoms with Gasteiger partial charge in [0.15, 0.2) is 8.32 Å². The highest BCUT2D eigenvalue weighted by Gasteiger charge is 2.61. The molecule has 4 nitrogen and oxygen atoms in total. The summed E-state index contributed by atoms with van der Waals surface area (Å²) in [5, 5.41) is 4.63. The van der Waals surface area contributed by atoms with Gasteiger partial charge in [-0.15, -0.1) is 0 Å². The maximum Gasteiger partial charge on any atom is 0.184 e. The molecule has 4 aliphatic rings. The quantitative estimate of drug-likeness (QED) is 0.262. The Labute approximate surface area is 206 Å². The van der Waals surface area contributed by atoms with Crippen molar-refractivity contribution in [3.63, 3.8) is 0 Å². The summed E-state index contributed by atoms with van der Waals surface area (Å²) >= 11 is 0. The van der Waals surface area contributed by atoms with Crippen LogP contribution < -0.4 is 0 Å². The van der Waals surface area contributed by atoms with Crippen molar-refractivity contribution < 1.29 is 14.1 Å². The third-order valence-electron chi connectivity index (χ3n) is 9.26. The van der Waals surface area contributed by atoms with E-state index in [1.165, 1.54) is 5.57 Å². The lowest BCUT2D eigenvalue weighted by atomic mass is 9.47. The van der Waals surface area contributed by atoms with Crippen molar-refractivity contribution in [2.75, 3.05) is 0 Å². The number of ketones is 1. The zero-order chi connectivity index (χ0) is 24.1. The lowest BCUT2D eigenvalue weighted by Gasteiger charge is -2.56. The average molecular weight is 480 g/mol. The van der Waals surface area contributed by atoms with E-state index in [9.17, 15) is 4.79 Å². The lowest BCUT2D eigenvalue weighted by molar-refractivity contribution is -0.140. The molecule has 0 aliphatic heterocycles. The molecule has 0 saturated heterocycles. The third kappa shape index (κ3) is 4.24. The molecule has 0 aromatic heterocycles. The standard InChI is InChI=1S/C29H41NO3Si/c1-28-16-15-22(33-34(3,4)5)17-21(28)11-12-23-24-13-14-26(29(24,2)18-25(31)27(23)28)30-32-19-20-9-7-6-8-10-20/h6-11,22-24,27H,12-19H2,1-5H3/b30-26+. The Hall–Kier alpha value is -1.72. The maximum atomic E-state index is 13.8. The van der Waals surface area contributed by atoms with Gasteiger partial charge in [-0.2, -0.15) is 0 Å². The Bertz CT molecular complexity index is 996. The van der Waals surface area contributed by atoms with Gasteiger partial charge in [0, 0.05) is 23.9 Å². The Morgan fingerprint density at radius 2 is 1.85 bits per heavy atom. The fraction of sp³-hybridized carbons (Fsp3) is 0.655. The molecular formula is C29H41NO3Si. The fourth-order valence-corrected chi connectivity index (χ4v) is 8.96. The van der Waals surface area contributed by atoms with Crippen LogP contribution in [0.2, 0.25) is 19.6 Å². The number of nitrogens with zero attached hydrogens (tertiary/aromatic N) is 1. The van der Waals surface area contributed by atoms with Gasteiger partial charge in [0.1, 0.15) is 12.4 Å². The summed E-state index contributed by atoms with van der Waals surface area (Å²) in [4.78, 5) is 19.6. The van der Waals surface area contributed by atoms with E-state index in [-0.39, 0.29) is 16.7 Å². The molecule has 3 fully saturated rings. The highest BCUT2D eigenvalue weighted by molar-refractivity contribution is 6.69. The van der Waals surface area contributed by atoms with Gasteiger partial charge in [-0.1, -0.05) is 61.0 Å². The normalized spacial score (nSPS) is 38.7. The second-order valence-corrected chi connectivity index (χ2v) is 17.1. The monoisotopic (exact) mass is 479 g/mol. The van der Waals surface area contributed by atoms with E-state index < -0.39 is 8.32 Å². The average Bonchev–Trinajstić information content (AvgIpc) is 3.09. The Morgan fingerprint density at radius 3 is 2.59 bits per heavy atom. The number of benzene rings is 1. The van der Waals surface area contributed by atoms with Crippen molar-refractivity contribution in [2.45, 2.75) is 91.1 Å². The van der Waals surface area contributed by atoms with Gasteiger partial charge in [-0.3, -0.25) is 4.79 Å². The number of hydrogen-bond acceptors (Lipinski definition) is 4. The number of carbonyl (C=O) groups is 1. The Balaban J connectivity index is 1.34. The summed E-state index contributed by atoms with van der Waals surface area (Å²) in [6.45, 7) is 12.0. The van der Waals surface area contributed by atoms with Crippen molar-refractivity contribution in [3.8, 4) is 0 Å². The molecule has 0 amide bonds. The van der Waals surface area contributed by atoms with Crippen molar-refractivity contribution in [1.29, 1.82) is 0 Å². The number of fused-ring (bicyclic) bond motifs is 5. The summed E-state index contributed by atoms with van der Waals surface area (Å²) in [5.74, 6) is 1.55. The van der Waals surface area contributed by atoms with Crippen LogP contribution in [0.25, 0.3) is 0 Å². The lowest BCUT2D eigenvalue weighted by Crippen LogP contribution is -2.55. The van der Waals surface area contributed by atoms with Crippen LogP contribution in [0, 0.1) is 28.6 Å². The molecule has 1 aromatic rings. The second-order valence-electron chi connectivity index (χ2n) is 12.6. The SMILES string of the molecule is CC12CCC(O[Si](C)(C)C)CC1=CCC1C2C(=O)CC2(C)/C(=N/OCc3ccccc3)CCC12. The minimum Gasteiger partial charge on any atom is -0.414 e. The van der Waals surface area contributed by atoms with Crippen LogP contribution >= 0.6 is 0 Å². The smallest absolute Gasteiger partial charge is 0.184 e. The molecule has 0 radical (unpaired) electrons. The predicted octanol–water partition coefficient (Wildman–Crippen LogP) is 6.92. The highest BCUT2D eigenvalue weighted by Crippen LogP contribution is 2.63. The summed E-state index contributed by atoms with van der Waals surface area (Å²) in [7, 11) is -1.56. The van der Waals surface area contributed by atoms with Gasteiger partial charge in [0.25, 0.3) is 0 Å².